The molecule has 0 aliphatic carbocycles. The molecular weight excluding hydrogens is 617 g/mol. The first-order valence-electron chi connectivity index (χ1n) is 13.6. The van der Waals surface area contributed by atoms with Crippen LogP contribution in [0.25, 0.3) is 0 Å². The van der Waals surface area contributed by atoms with Crippen LogP contribution in [0.5, 0.6) is 0 Å². The lowest BCUT2D eigenvalue weighted by atomic mass is 10.1. The molecule has 0 radical (unpaired) electrons. The van der Waals surface area contributed by atoms with Crippen LogP contribution in [0.1, 0.15) is 43.9 Å². The second kappa shape index (κ2) is 14.6. The molecule has 1 atom stereocenters. The van der Waals surface area contributed by atoms with Crippen LogP contribution in [0.15, 0.2) is 65.6 Å². The molecular formula is C31H36Cl3N3O4S. The van der Waals surface area contributed by atoms with Gasteiger partial charge in [-0.2, -0.15) is 0 Å². The first-order chi connectivity index (χ1) is 19.7. The zero-order valence-corrected chi connectivity index (χ0v) is 27.4. The van der Waals surface area contributed by atoms with Crippen molar-refractivity contribution in [2.24, 2.45) is 5.92 Å². The van der Waals surface area contributed by atoms with Gasteiger partial charge in [0.1, 0.15) is 12.6 Å². The van der Waals surface area contributed by atoms with E-state index in [1.165, 1.54) is 23.1 Å². The van der Waals surface area contributed by atoms with Crippen LogP contribution in [-0.2, 0) is 26.2 Å². The zero-order valence-electron chi connectivity index (χ0n) is 24.3. The third-order valence-corrected chi connectivity index (χ3v) is 9.48. The topological polar surface area (TPSA) is 86.8 Å². The standard InChI is InChI=1S/C31H36Cl3N3O4S/c1-6-28(31(39)35-17-20(2)3)36(18-23-10-14-26(33)27(34)15-23)30(38)19-37(29-16-24(32)11-9-22(29)5)42(40,41)25-12-7-21(4)8-13-25/h7-16,20,28H,6,17-19H2,1-5H3,(H,35,39)/t28-/m0/s1. The SMILES string of the molecule is CC[C@@H](C(=O)NCC(C)C)N(Cc1ccc(Cl)c(Cl)c1)C(=O)CN(c1cc(Cl)ccc1C)S(=O)(=O)c1ccc(C)cc1. The fraction of sp³-hybridized carbons (Fsp3) is 0.355. The number of sulfonamides is 1. The van der Waals surface area contributed by atoms with E-state index in [0.29, 0.717) is 39.2 Å². The van der Waals surface area contributed by atoms with Gasteiger partial charge in [-0.25, -0.2) is 8.42 Å². The number of anilines is 1. The van der Waals surface area contributed by atoms with E-state index in [0.717, 1.165) is 9.87 Å². The Kier molecular flexibility index (Phi) is 11.7. The summed E-state index contributed by atoms with van der Waals surface area (Å²) in [5, 5.41) is 3.88. The molecule has 0 aliphatic rings. The van der Waals surface area contributed by atoms with Gasteiger partial charge in [0.2, 0.25) is 11.8 Å². The van der Waals surface area contributed by atoms with Crippen molar-refractivity contribution < 1.29 is 18.0 Å². The number of carbonyl (C=O) groups excluding carboxylic acids is 2. The van der Waals surface area contributed by atoms with Crippen molar-refractivity contribution in [2.45, 2.75) is 58.5 Å². The van der Waals surface area contributed by atoms with Gasteiger partial charge in [-0.05, 0) is 73.7 Å². The molecule has 1 N–H and O–H groups in total. The van der Waals surface area contributed by atoms with E-state index in [1.807, 2.05) is 20.8 Å². The summed E-state index contributed by atoms with van der Waals surface area (Å²) >= 11 is 18.7. The maximum absolute atomic E-state index is 14.2. The Morgan fingerprint density at radius 2 is 1.57 bits per heavy atom. The van der Waals surface area contributed by atoms with E-state index < -0.39 is 28.5 Å². The minimum absolute atomic E-state index is 0.0102. The van der Waals surface area contributed by atoms with Crippen molar-refractivity contribution in [3.05, 3.63) is 92.4 Å². The van der Waals surface area contributed by atoms with E-state index in [9.17, 15) is 18.0 Å². The van der Waals surface area contributed by atoms with E-state index in [2.05, 4.69) is 5.32 Å². The van der Waals surface area contributed by atoms with Crippen molar-refractivity contribution in [3.63, 3.8) is 0 Å². The van der Waals surface area contributed by atoms with E-state index in [4.69, 9.17) is 34.8 Å². The number of carbonyl (C=O) groups is 2. The highest BCUT2D eigenvalue weighted by Crippen LogP contribution is 2.30. The minimum Gasteiger partial charge on any atom is -0.354 e. The van der Waals surface area contributed by atoms with E-state index in [1.54, 1.807) is 56.3 Å². The van der Waals surface area contributed by atoms with Crippen LogP contribution in [0.4, 0.5) is 5.69 Å². The van der Waals surface area contributed by atoms with Crippen LogP contribution < -0.4 is 9.62 Å². The van der Waals surface area contributed by atoms with Crippen molar-refractivity contribution in [1.29, 1.82) is 0 Å². The maximum Gasteiger partial charge on any atom is 0.264 e. The molecule has 0 spiro atoms. The molecule has 0 saturated heterocycles. The fourth-order valence-corrected chi connectivity index (χ4v) is 6.34. The highest BCUT2D eigenvalue weighted by molar-refractivity contribution is 7.92. The monoisotopic (exact) mass is 651 g/mol. The second-order valence-electron chi connectivity index (χ2n) is 10.6. The molecule has 0 aromatic heterocycles. The Bertz CT molecular complexity index is 1530. The van der Waals surface area contributed by atoms with Gasteiger partial charge in [0.05, 0.1) is 20.6 Å². The van der Waals surface area contributed by atoms with Gasteiger partial charge in [0.15, 0.2) is 0 Å². The van der Waals surface area contributed by atoms with Crippen LogP contribution >= 0.6 is 34.8 Å². The Labute approximate surface area is 263 Å². The third-order valence-electron chi connectivity index (χ3n) is 6.74. The van der Waals surface area contributed by atoms with Crippen LogP contribution in [0.2, 0.25) is 15.1 Å². The maximum atomic E-state index is 14.2. The summed E-state index contributed by atoms with van der Waals surface area (Å²) in [6.45, 7) is 9.23. The van der Waals surface area contributed by atoms with Crippen LogP contribution in [0, 0.1) is 19.8 Å². The number of hydrogen-bond acceptors (Lipinski definition) is 4. The smallest absolute Gasteiger partial charge is 0.264 e. The van der Waals surface area contributed by atoms with Crippen LogP contribution in [0.3, 0.4) is 0 Å². The van der Waals surface area contributed by atoms with E-state index >= 15 is 0 Å². The first kappa shape index (κ1) is 33.7. The number of benzene rings is 3. The highest BCUT2D eigenvalue weighted by atomic mass is 35.5. The summed E-state index contributed by atoms with van der Waals surface area (Å²) < 4.78 is 29.2. The normalized spacial score (nSPS) is 12.2. The summed E-state index contributed by atoms with van der Waals surface area (Å²) in [6.07, 6.45) is 0.303. The number of hydrogen-bond donors (Lipinski definition) is 1. The Morgan fingerprint density at radius 3 is 2.17 bits per heavy atom. The summed E-state index contributed by atoms with van der Waals surface area (Å²) in [7, 11) is -4.21. The summed E-state index contributed by atoms with van der Waals surface area (Å²) in [6, 6.07) is 15.4. The lowest BCUT2D eigenvalue weighted by molar-refractivity contribution is -0.140. The highest BCUT2D eigenvalue weighted by Gasteiger charge is 2.34. The average molecular weight is 653 g/mol. The van der Waals surface area contributed by atoms with Gasteiger partial charge in [-0.15, -0.1) is 0 Å². The van der Waals surface area contributed by atoms with Crippen LogP contribution in [-0.4, -0.2) is 44.3 Å². The molecule has 3 aromatic rings. The van der Waals surface area contributed by atoms with Gasteiger partial charge >= 0.3 is 0 Å². The summed E-state index contributed by atoms with van der Waals surface area (Å²) in [5.41, 5.74) is 2.41. The number of nitrogens with one attached hydrogen (secondary N) is 1. The van der Waals surface area contributed by atoms with Crippen molar-refractivity contribution in [2.75, 3.05) is 17.4 Å². The number of aryl methyl sites for hydroxylation is 2. The third kappa shape index (κ3) is 8.40. The number of halogens is 3. The lowest BCUT2D eigenvalue weighted by Crippen LogP contribution is -2.52. The molecule has 2 amide bonds. The summed E-state index contributed by atoms with van der Waals surface area (Å²) in [4.78, 5) is 29.0. The fourth-order valence-electron chi connectivity index (χ4n) is 4.38. The first-order valence-corrected chi connectivity index (χ1v) is 16.2. The molecule has 0 aliphatic heterocycles. The second-order valence-corrected chi connectivity index (χ2v) is 13.7. The number of nitrogens with zero attached hydrogens (tertiary/aromatic N) is 2. The lowest BCUT2D eigenvalue weighted by Gasteiger charge is -2.33. The predicted molar refractivity (Wildman–Crippen MR) is 171 cm³/mol. The molecule has 0 unspecified atom stereocenters. The minimum atomic E-state index is -4.21. The van der Waals surface area contributed by atoms with Gasteiger partial charge in [0.25, 0.3) is 10.0 Å². The molecule has 11 heteroatoms. The Hall–Kier alpha value is -2.78. The van der Waals surface area contributed by atoms with E-state index in [-0.39, 0.29) is 29.0 Å². The largest absolute Gasteiger partial charge is 0.354 e. The number of rotatable bonds is 12. The molecule has 226 valence electrons. The quantitative estimate of drug-likeness (QED) is 0.227. The van der Waals surface area contributed by atoms with Gasteiger partial charge in [-0.3, -0.25) is 13.9 Å². The molecule has 3 aromatic carbocycles. The molecule has 7 nitrogen and oxygen atoms in total. The van der Waals surface area contributed by atoms with Gasteiger partial charge < -0.3 is 10.2 Å². The summed E-state index contributed by atoms with van der Waals surface area (Å²) in [5.74, 6) is -0.694. The van der Waals surface area contributed by atoms with Crippen molar-refractivity contribution in [1.82, 2.24) is 10.2 Å². The molecule has 0 fully saturated rings. The molecule has 0 heterocycles. The zero-order chi connectivity index (χ0) is 31.2. The Morgan fingerprint density at radius 1 is 0.905 bits per heavy atom. The molecule has 42 heavy (non-hydrogen) atoms. The number of amides is 2. The van der Waals surface area contributed by atoms with Gasteiger partial charge in [0, 0.05) is 18.1 Å². The Balaban J connectivity index is 2.10. The molecule has 3 rings (SSSR count). The van der Waals surface area contributed by atoms with Crippen molar-refractivity contribution >= 4 is 62.3 Å². The van der Waals surface area contributed by atoms with Crippen molar-refractivity contribution in [3.8, 4) is 0 Å². The van der Waals surface area contributed by atoms with Gasteiger partial charge in [-0.1, -0.05) is 85.4 Å². The average Bonchev–Trinajstić information content (AvgIpc) is 2.93. The molecule has 0 bridgehead atoms. The molecule has 0 saturated carbocycles. The predicted octanol–water partition coefficient (Wildman–Crippen LogP) is 7.04.